The standard InChI is InChI=1S/C9H18N2O5S/c1-2-16-9(13)11-17(14,15)10-6-7-4-3-5-8(7)12/h7-8,10,12H,2-6H2,1H3,(H,11,13). The van der Waals surface area contributed by atoms with Gasteiger partial charge in [-0.25, -0.2) is 9.52 Å². The van der Waals surface area contributed by atoms with E-state index in [9.17, 15) is 18.3 Å². The molecular weight excluding hydrogens is 248 g/mol. The average Bonchev–Trinajstić information content (AvgIpc) is 2.60. The number of rotatable bonds is 5. The van der Waals surface area contributed by atoms with Gasteiger partial charge in [0.2, 0.25) is 0 Å². The second-order valence-electron chi connectivity index (χ2n) is 3.93. The van der Waals surface area contributed by atoms with Crippen molar-refractivity contribution in [1.29, 1.82) is 0 Å². The number of carbonyl (C=O) groups is 1. The Hall–Kier alpha value is -0.860. The van der Waals surface area contributed by atoms with Crippen molar-refractivity contribution in [3.05, 3.63) is 0 Å². The number of aliphatic hydroxyl groups is 1. The summed E-state index contributed by atoms with van der Waals surface area (Å²) >= 11 is 0. The highest BCUT2D eigenvalue weighted by atomic mass is 32.2. The Bertz CT molecular complexity index is 356. The Kier molecular flexibility index (Phi) is 5.16. The Morgan fingerprint density at radius 2 is 2.18 bits per heavy atom. The SMILES string of the molecule is CCOC(=O)NS(=O)(=O)NCC1CCCC1O. The van der Waals surface area contributed by atoms with Crippen molar-refractivity contribution < 1.29 is 23.1 Å². The molecule has 0 saturated heterocycles. The molecule has 1 rings (SSSR count). The van der Waals surface area contributed by atoms with E-state index in [1.807, 2.05) is 0 Å². The van der Waals surface area contributed by atoms with Crippen molar-refractivity contribution >= 4 is 16.3 Å². The van der Waals surface area contributed by atoms with Crippen molar-refractivity contribution in [2.24, 2.45) is 5.92 Å². The molecule has 0 spiro atoms. The molecule has 7 nitrogen and oxygen atoms in total. The van der Waals surface area contributed by atoms with Crippen molar-refractivity contribution in [1.82, 2.24) is 9.44 Å². The van der Waals surface area contributed by atoms with Gasteiger partial charge >= 0.3 is 16.3 Å². The number of carbonyl (C=O) groups excluding carboxylic acids is 1. The van der Waals surface area contributed by atoms with Crippen LogP contribution in [0.5, 0.6) is 0 Å². The molecule has 0 aromatic heterocycles. The molecule has 2 atom stereocenters. The highest BCUT2D eigenvalue weighted by Crippen LogP contribution is 2.24. The van der Waals surface area contributed by atoms with Gasteiger partial charge in [-0.1, -0.05) is 6.42 Å². The minimum atomic E-state index is -3.90. The van der Waals surface area contributed by atoms with E-state index in [1.165, 1.54) is 0 Å². The number of aliphatic hydroxyl groups excluding tert-OH is 1. The summed E-state index contributed by atoms with van der Waals surface area (Å²) in [4.78, 5) is 10.9. The first-order chi connectivity index (χ1) is 7.94. The zero-order valence-corrected chi connectivity index (χ0v) is 10.5. The molecule has 0 aromatic carbocycles. The molecule has 8 heteroatoms. The van der Waals surface area contributed by atoms with Gasteiger partial charge in [0.1, 0.15) is 0 Å². The minimum absolute atomic E-state index is 0.0891. The van der Waals surface area contributed by atoms with E-state index in [2.05, 4.69) is 9.46 Å². The van der Waals surface area contributed by atoms with Crippen LogP contribution in [0.25, 0.3) is 0 Å². The molecule has 0 bridgehead atoms. The summed E-state index contributed by atoms with van der Waals surface area (Å²) in [5.74, 6) is -0.0891. The van der Waals surface area contributed by atoms with Crippen LogP contribution in [-0.4, -0.2) is 38.9 Å². The van der Waals surface area contributed by atoms with Crippen LogP contribution in [0, 0.1) is 5.92 Å². The van der Waals surface area contributed by atoms with Crippen LogP contribution in [0.1, 0.15) is 26.2 Å². The Balaban J connectivity index is 2.36. The fraction of sp³-hybridized carbons (Fsp3) is 0.889. The van der Waals surface area contributed by atoms with Crippen LogP contribution in [-0.2, 0) is 14.9 Å². The number of nitrogens with one attached hydrogen (secondary N) is 2. The van der Waals surface area contributed by atoms with Gasteiger partial charge in [-0.3, -0.25) is 0 Å². The molecule has 1 fully saturated rings. The van der Waals surface area contributed by atoms with Crippen LogP contribution in [0.15, 0.2) is 0 Å². The van der Waals surface area contributed by atoms with Gasteiger partial charge in [0, 0.05) is 6.54 Å². The largest absolute Gasteiger partial charge is 0.449 e. The average molecular weight is 266 g/mol. The maximum Gasteiger partial charge on any atom is 0.421 e. The molecule has 1 saturated carbocycles. The first-order valence-corrected chi connectivity index (χ1v) is 7.05. The Morgan fingerprint density at radius 1 is 1.47 bits per heavy atom. The lowest BCUT2D eigenvalue weighted by Gasteiger charge is -2.15. The van der Waals surface area contributed by atoms with Crippen molar-refractivity contribution in [2.45, 2.75) is 32.3 Å². The number of amides is 1. The molecule has 0 aliphatic heterocycles. The molecule has 0 aromatic rings. The Labute approximate surface area is 101 Å². The molecule has 1 aliphatic rings. The summed E-state index contributed by atoms with van der Waals surface area (Å²) in [7, 11) is -3.90. The van der Waals surface area contributed by atoms with Crippen molar-refractivity contribution in [2.75, 3.05) is 13.2 Å². The first-order valence-electron chi connectivity index (χ1n) is 5.57. The molecule has 0 radical (unpaired) electrons. The van der Waals surface area contributed by atoms with Crippen LogP contribution < -0.4 is 9.44 Å². The van der Waals surface area contributed by atoms with Gasteiger partial charge in [-0.2, -0.15) is 13.1 Å². The fourth-order valence-electron chi connectivity index (χ4n) is 1.78. The molecule has 17 heavy (non-hydrogen) atoms. The normalized spacial score (nSPS) is 24.6. The van der Waals surface area contributed by atoms with E-state index in [-0.39, 0.29) is 19.1 Å². The van der Waals surface area contributed by atoms with Crippen molar-refractivity contribution in [3.63, 3.8) is 0 Å². The summed E-state index contributed by atoms with van der Waals surface area (Å²) in [6.07, 6.45) is 0.881. The molecular formula is C9H18N2O5S. The van der Waals surface area contributed by atoms with Gasteiger partial charge in [-0.15, -0.1) is 0 Å². The quantitative estimate of drug-likeness (QED) is 0.635. The van der Waals surface area contributed by atoms with Gasteiger partial charge in [0.25, 0.3) is 0 Å². The zero-order chi connectivity index (χ0) is 12.9. The number of hydrogen-bond acceptors (Lipinski definition) is 5. The first kappa shape index (κ1) is 14.2. The van der Waals surface area contributed by atoms with E-state index in [4.69, 9.17) is 0 Å². The van der Waals surface area contributed by atoms with E-state index in [0.29, 0.717) is 6.42 Å². The minimum Gasteiger partial charge on any atom is -0.449 e. The highest BCUT2D eigenvalue weighted by Gasteiger charge is 2.26. The van der Waals surface area contributed by atoms with Gasteiger partial charge in [0.15, 0.2) is 0 Å². The van der Waals surface area contributed by atoms with E-state index >= 15 is 0 Å². The lowest BCUT2D eigenvalue weighted by atomic mass is 10.1. The van der Waals surface area contributed by atoms with Crippen LogP contribution in [0.4, 0.5) is 4.79 Å². The van der Waals surface area contributed by atoms with E-state index in [1.54, 1.807) is 11.6 Å². The van der Waals surface area contributed by atoms with Gasteiger partial charge in [-0.05, 0) is 25.7 Å². The van der Waals surface area contributed by atoms with Crippen molar-refractivity contribution in [3.8, 4) is 0 Å². The Morgan fingerprint density at radius 3 is 2.71 bits per heavy atom. The summed E-state index contributed by atoms with van der Waals surface area (Å²) < 4.78 is 31.1. The smallest absolute Gasteiger partial charge is 0.421 e. The zero-order valence-electron chi connectivity index (χ0n) is 9.68. The monoisotopic (exact) mass is 266 g/mol. The summed E-state index contributed by atoms with van der Waals surface area (Å²) in [5, 5.41) is 9.51. The van der Waals surface area contributed by atoms with E-state index in [0.717, 1.165) is 12.8 Å². The fourth-order valence-corrected chi connectivity index (χ4v) is 2.56. The third-order valence-electron chi connectivity index (χ3n) is 2.65. The summed E-state index contributed by atoms with van der Waals surface area (Å²) in [6, 6.07) is 0. The lowest BCUT2D eigenvalue weighted by molar-refractivity contribution is 0.134. The topological polar surface area (TPSA) is 105 Å². The third-order valence-corrected chi connectivity index (χ3v) is 3.63. The van der Waals surface area contributed by atoms with E-state index < -0.39 is 22.4 Å². The van der Waals surface area contributed by atoms with Gasteiger partial charge < -0.3 is 9.84 Å². The molecule has 1 aliphatic carbocycles. The molecule has 2 unspecified atom stereocenters. The highest BCUT2D eigenvalue weighted by molar-refractivity contribution is 7.88. The maximum absolute atomic E-state index is 11.4. The number of hydrogen-bond donors (Lipinski definition) is 3. The van der Waals surface area contributed by atoms with Crippen LogP contribution >= 0.6 is 0 Å². The molecule has 3 N–H and O–H groups in total. The summed E-state index contributed by atoms with van der Waals surface area (Å²) in [5.41, 5.74) is 0. The lowest BCUT2D eigenvalue weighted by Crippen LogP contribution is -2.43. The number of ether oxygens (including phenoxy) is 1. The molecule has 100 valence electrons. The second kappa shape index (κ2) is 6.18. The van der Waals surface area contributed by atoms with Crippen LogP contribution in [0.2, 0.25) is 0 Å². The maximum atomic E-state index is 11.4. The molecule has 0 heterocycles. The summed E-state index contributed by atoms with van der Waals surface area (Å²) in [6.45, 7) is 1.80. The van der Waals surface area contributed by atoms with Gasteiger partial charge in [0.05, 0.1) is 12.7 Å². The third kappa shape index (κ3) is 4.88. The molecule has 1 amide bonds. The van der Waals surface area contributed by atoms with Crippen LogP contribution in [0.3, 0.4) is 0 Å². The predicted molar refractivity (Wildman–Crippen MR) is 60.4 cm³/mol. The second-order valence-corrected chi connectivity index (χ2v) is 5.43. The predicted octanol–water partition coefficient (Wildman–Crippen LogP) is -0.272.